The van der Waals surface area contributed by atoms with Crippen molar-refractivity contribution >= 4 is 17.6 Å². The number of carbonyl (C=O) groups is 2. The SMILES string of the molecule is O=C(O)CCNC(=O)c1ccc2c(c1)[C@H]1C=CC[C@@H]1[C@@H](c1cccc(F)c1)N2. The van der Waals surface area contributed by atoms with Crippen LogP contribution >= 0.6 is 0 Å². The van der Waals surface area contributed by atoms with Gasteiger partial charge in [-0.15, -0.1) is 0 Å². The molecule has 3 atom stereocenters. The molecule has 0 saturated heterocycles. The molecule has 0 bridgehead atoms. The van der Waals surface area contributed by atoms with E-state index < -0.39 is 5.97 Å². The van der Waals surface area contributed by atoms with Gasteiger partial charge in [-0.25, -0.2) is 4.39 Å². The Morgan fingerprint density at radius 2 is 2.07 bits per heavy atom. The van der Waals surface area contributed by atoms with Crippen LogP contribution in [-0.2, 0) is 4.79 Å². The van der Waals surface area contributed by atoms with Gasteiger partial charge in [0.2, 0.25) is 0 Å². The molecular weight excluding hydrogens is 359 g/mol. The van der Waals surface area contributed by atoms with Crippen molar-refractivity contribution in [3.8, 4) is 0 Å². The van der Waals surface area contributed by atoms with E-state index in [2.05, 4.69) is 22.8 Å². The van der Waals surface area contributed by atoms with Gasteiger partial charge in [0, 0.05) is 23.7 Å². The van der Waals surface area contributed by atoms with Gasteiger partial charge in [0.25, 0.3) is 5.91 Å². The number of allylic oxidation sites excluding steroid dienone is 2. The van der Waals surface area contributed by atoms with Crippen LogP contribution in [0.1, 0.15) is 46.3 Å². The molecule has 1 aliphatic heterocycles. The lowest BCUT2D eigenvalue weighted by atomic mass is 9.76. The average Bonchev–Trinajstić information content (AvgIpc) is 3.16. The van der Waals surface area contributed by atoms with Gasteiger partial charge in [-0.3, -0.25) is 9.59 Å². The molecular formula is C22H21FN2O3. The van der Waals surface area contributed by atoms with Crippen LogP contribution in [0.5, 0.6) is 0 Å². The highest BCUT2D eigenvalue weighted by molar-refractivity contribution is 5.95. The molecule has 0 aromatic heterocycles. The van der Waals surface area contributed by atoms with Crippen molar-refractivity contribution in [2.24, 2.45) is 5.92 Å². The number of fused-ring (bicyclic) bond motifs is 3. The van der Waals surface area contributed by atoms with Crippen LogP contribution in [0.25, 0.3) is 0 Å². The monoisotopic (exact) mass is 380 g/mol. The second-order valence-electron chi connectivity index (χ2n) is 7.23. The van der Waals surface area contributed by atoms with Gasteiger partial charge in [0.15, 0.2) is 0 Å². The molecule has 4 rings (SSSR count). The maximum Gasteiger partial charge on any atom is 0.305 e. The summed E-state index contributed by atoms with van der Waals surface area (Å²) >= 11 is 0. The number of rotatable bonds is 5. The van der Waals surface area contributed by atoms with E-state index >= 15 is 0 Å². The predicted octanol–water partition coefficient (Wildman–Crippen LogP) is 3.86. The number of halogens is 1. The lowest BCUT2D eigenvalue weighted by Gasteiger charge is -2.37. The molecule has 0 unspecified atom stereocenters. The minimum atomic E-state index is -0.947. The Balaban J connectivity index is 1.60. The molecule has 3 N–H and O–H groups in total. The minimum Gasteiger partial charge on any atom is -0.481 e. The third kappa shape index (κ3) is 3.50. The molecule has 0 radical (unpaired) electrons. The second kappa shape index (κ2) is 7.46. The molecule has 1 heterocycles. The zero-order chi connectivity index (χ0) is 19.7. The Bertz CT molecular complexity index is 957. The van der Waals surface area contributed by atoms with Gasteiger partial charge in [-0.2, -0.15) is 0 Å². The lowest BCUT2D eigenvalue weighted by molar-refractivity contribution is -0.136. The fourth-order valence-corrected chi connectivity index (χ4v) is 4.15. The van der Waals surface area contributed by atoms with Gasteiger partial charge in [-0.1, -0.05) is 24.3 Å². The number of aliphatic carboxylic acids is 1. The van der Waals surface area contributed by atoms with Crippen LogP contribution in [0.2, 0.25) is 0 Å². The fourth-order valence-electron chi connectivity index (χ4n) is 4.15. The highest BCUT2D eigenvalue weighted by atomic mass is 19.1. The van der Waals surface area contributed by atoms with Crippen molar-refractivity contribution < 1.29 is 19.1 Å². The molecule has 144 valence electrons. The first-order chi connectivity index (χ1) is 13.5. The van der Waals surface area contributed by atoms with Crippen LogP contribution in [-0.4, -0.2) is 23.5 Å². The first kappa shape index (κ1) is 18.2. The van der Waals surface area contributed by atoms with Crippen LogP contribution in [0.3, 0.4) is 0 Å². The smallest absolute Gasteiger partial charge is 0.305 e. The van der Waals surface area contributed by atoms with E-state index in [1.807, 2.05) is 18.2 Å². The molecule has 2 aromatic rings. The van der Waals surface area contributed by atoms with E-state index in [1.165, 1.54) is 6.07 Å². The summed E-state index contributed by atoms with van der Waals surface area (Å²) in [6, 6.07) is 12.1. The first-order valence-electron chi connectivity index (χ1n) is 9.35. The molecule has 2 aliphatic rings. The molecule has 0 saturated carbocycles. The Labute approximate surface area is 162 Å². The van der Waals surface area contributed by atoms with Crippen molar-refractivity contribution in [2.45, 2.75) is 24.8 Å². The highest BCUT2D eigenvalue weighted by Gasteiger charge is 2.38. The third-order valence-electron chi connectivity index (χ3n) is 5.46. The summed E-state index contributed by atoms with van der Waals surface area (Å²) in [6.45, 7) is 0.0943. The van der Waals surface area contributed by atoms with Crippen molar-refractivity contribution in [1.82, 2.24) is 5.32 Å². The first-order valence-corrected chi connectivity index (χ1v) is 9.35. The van der Waals surface area contributed by atoms with E-state index in [-0.39, 0.29) is 42.6 Å². The van der Waals surface area contributed by atoms with E-state index in [0.717, 1.165) is 23.2 Å². The van der Waals surface area contributed by atoms with Gasteiger partial charge in [0.05, 0.1) is 12.5 Å². The van der Waals surface area contributed by atoms with Crippen molar-refractivity contribution in [3.05, 3.63) is 77.1 Å². The Kier molecular flexibility index (Phi) is 4.86. The number of benzene rings is 2. The maximum atomic E-state index is 13.7. The van der Waals surface area contributed by atoms with Gasteiger partial charge in [-0.05, 0) is 53.8 Å². The molecule has 6 heteroatoms. The fraction of sp³-hybridized carbons (Fsp3) is 0.273. The average molecular weight is 380 g/mol. The van der Waals surface area contributed by atoms with E-state index in [0.29, 0.717) is 5.56 Å². The number of hydrogen-bond donors (Lipinski definition) is 3. The topological polar surface area (TPSA) is 78.4 Å². The Morgan fingerprint density at radius 1 is 1.21 bits per heavy atom. The second-order valence-corrected chi connectivity index (χ2v) is 7.23. The van der Waals surface area contributed by atoms with Crippen LogP contribution in [0.4, 0.5) is 10.1 Å². The number of carboxylic acid groups (broad SMARTS) is 1. The van der Waals surface area contributed by atoms with Crippen LogP contribution in [0, 0.1) is 11.7 Å². The summed E-state index contributed by atoms with van der Waals surface area (Å²) in [5, 5.41) is 14.9. The zero-order valence-corrected chi connectivity index (χ0v) is 15.2. The summed E-state index contributed by atoms with van der Waals surface area (Å²) in [4.78, 5) is 23.0. The third-order valence-corrected chi connectivity index (χ3v) is 5.46. The Hall–Kier alpha value is -3.15. The largest absolute Gasteiger partial charge is 0.481 e. The van der Waals surface area contributed by atoms with Gasteiger partial charge in [0.1, 0.15) is 5.82 Å². The van der Waals surface area contributed by atoms with E-state index in [1.54, 1.807) is 18.2 Å². The number of anilines is 1. The lowest BCUT2D eigenvalue weighted by Crippen LogP contribution is -2.30. The molecule has 1 amide bonds. The quantitative estimate of drug-likeness (QED) is 0.689. The summed E-state index contributed by atoms with van der Waals surface area (Å²) in [5.74, 6) is -1.08. The maximum absolute atomic E-state index is 13.7. The summed E-state index contributed by atoms with van der Waals surface area (Å²) in [6.07, 6.45) is 5.06. The number of nitrogens with one attached hydrogen (secondary N) is 2. The van der Waals surface area contributed by atoms with Crippen LogP contribution < -0.4 is 10.6 Å². The standard InChI is InChI=1S/C22H21FN2O3/c23-15-4-1-3-13(11-15)21-17-6-2-5-16(17)18-12-14(7-8-19(18)25-21)22(28)24-10-9-20(26)27/h1-5,7-8,11-12,16-17,21,25H,6,9-10H2,(H,24,28)(H,26,27)/t16-,17-,21+/m0/s1. The van der Waals surface area contributed by atoms with E-state index in [4.69, 9.17) is 5.11 Å². The summed E-state index contributed by atoms with van der Waals surface area (Å²) in [5.41, 5.74) is 3.40. The van der Waals surface area contributed by atoms with Crippen molar-refractivity contribution in [3.63, 3.8) is 0 Å². The molecule has 0 fully saturated rings. The minimum absolute atomic E-state index is 0.00144. The van der Waals surface area contributed by atoms with Crippen LogP contribution in [0.15, 0.2) is 54.6 Å². The van der Waals surface area contributed by atoms with Gasteiger partial charge >= 0.3 is 5.97 Å². The van der Waals surface area contributed by atoms with Crippen molar-refractivity contribution in [2.75, 3.05) is 11.9 Å². The molecule has 0 spiro atoms. The molecule has 2 aromatic carbocycles. The Morgan fingerprint density at radius 3 is 2.86 bits per heavy atom. The normalized spacial score (nSPS) is 22.1. The molecule has 1 aliphatic carbocycles. The zero-order valence-electron chi connectivity index (χ0n) is 15.2. The molecule has 28 heavy (non-hydrogen) atoms. The predicted molar refractivity (Wildman–Crippen MR) is 104 cm³/mol. The summed E-state index contributed by atoms with van der Waals surface area (Å²) in [7, 11) is 0. The number of carbonyl (C=O) groups excluding carboxylic acids is 1. The number of carboxylic acids is 1. The summed E-state index contributed by atoms with van der Waals surface area (Å²) < 4.78 is 13.7. The van der Waals surface area contributed by atoms with E-state index in [9.17, 15) is 14.0 Å². The number of hydrogen-bond acceptors (Lipinski definition) is 3. The highest BCUT2D eigenvalue weighted by Crippen LogP contribution is 2.49. The van der Waals surface area contributed by atoms with Gasteiger partial charge < -0.3 is 15.7 Å². The molecule has 5 nitrogen and oxygen atoms in total. The van der Waals surface area contributed by atoms with Crippen molar-refractivity contribution in [1.29, 1.82) is 0 Å². The number of amides is 1.